The molecule has 6 rings (SSSR count). The maximum Gasteiger partial charge on any atom is 0.138 e. The molecule has 6 aromatic rings. The molecule has 0 unspecified atom stereocenters. The maximum atomic E-state index is 5.60. The highest BCUT2D eigenvalue weighted by Gasteiger charge is 2.18. The number of rotatable bonds is 4. The number of nitrogens with zero attached hydrogens (tertiary/aromatic N) is 2. The first-order valence-electron chi connectivity index (χ1n) is 9.93. The van der Waals surface area contributed by atoms with E-state index in [2.05, 4.69) is 55.0 Å². The fourth-order valence-electron chi connectivity index (χ4n) is 4.20. The van der Waals surface area contributed by atoms with E-state index in [0.29, 0.717) is 0 Å². The number of methoxy groups -OCH3 is 1. The number of H-pyrrole nitrogens is 2. The van der Waals surface area contributed by atoms with E-state index < -0.39 is 0 Å². The molecule has 0 fully saturated rings. The first-order chi connectivity index (χ1) is 15.3. The average molecular weight is 423 g/mol. The molecule has 0 aliphatic heterocycles. The summed E-state index contributed by atoms with van der Waals surface area (Å²) in [5, 5.41) is 6.43. The van der Waals surface area contributed by atoms with Gasteiger partial charge in [-0.1, -0.05) is 18.2 Å². The molecule has 31 heavy (non-hydrogen) atoms. The second-order valence-corrected chi connectivity index (χ2v) is 8.08. The second kappa shape index (κ2) is 7.11. The number of hydrogen-bond acceptors (Lipinski definition) is 4. The predicted molar refractivity (Wildman–Crippen MR) is 126 cm³/mol. The van der Waals surface area contributed by atoms with E-state index in [1.807, 2.05) is 42.9 Å². The molecule has 6 heteroatoms. The van der Waals surface area contributed by atoms with Crippen molar-refractivity contribution in [2.24, 2.45) is 0 Å². The van der Waals surface area contributed by atoms with E-state index in [4.69, 9.17) is 4.74 Å². The van der Waals surface area contributed by atoms with Gasteiger partial charge in [-0.2, -0.15) is 11.3 Å². The third-order valence-corrected chi connectivity index (χ3v) is 6.30. The van der Waals surface area contributed by atoms with E-state index in [0.717, 1.165) is 55.8 Å². The van der Waals surface area contributed by atoms with Gasteiger partial charge in [0.05, 0.1) is 7.11 Å². The highest BCUT2D eigenvalue weighted by molar-refractivity contribution is 7.08. The molecular weight excluding hydrogens is 404 g/mol. The smallest absolute Gasteiger partial charge is 0.138 e. The third-order valence-electron chi connectivity index (χ3n) is 5.62. The quantitative estimate of drug-likeness (QED) is 0.340. The molecule has 0 atom stereocenters. The summed E-state index contributed by atoms with van der Waals surface area (Å²) in [7, 11) is 1.70. The minimum absolute atomic E-state index is 0.837. The summed E-state index contributed by atoms with van der Waals surface area (Å²) in [6.45, 7) is 0. The number of pyridine rings is 2. The number of thiophene rings is 1. The minimum atomic E-state index is 0.837. The summed E-state index contributed by atoms with van der Waals surface area (Å²) in [6, 6.07) is 16.5. The van der Waals surface area contributed by atoms with Gasteiger partial charge in [0.25, 0.3) is 0 Å². The molecule has 0 aliphatic carbocycles. The van der Waals surface area contributed by atoms with Crippen molar-refractivity contribution in [2.45, 2.75) is 0 Å². The molecule has 0 amide bonds. The van der Waals surface area contributed by atoms with E-state index in [1.165, 1.54) is 5.56 Å². The number of aromatic amines is 2. The van der Waals surface area contributed by atoms with Crippen LogP contribution in [-0.2, 0) is 0 Å². The van der Waals surface area contributed by atoms with Gasteiger partial charge in [0, 0.05) is 51.7 Å². The fourth-order valence-corrected chi connectivity index (χ4v) is 4.85. The Balaban J connectivity index is 1.61. The molecule has 0 saturated heterocycles. The first-order valence-corrected chi connectivity index (χ1v) is 10.9. The van der Waals surface area contributed by atoms with Crippen molar-refractivity contribution < 1.29 is 4.74 Å². The van der Waals surface area contributed by atoms with Crippen molar-refractivity contribution in [3.63, 3.8) is 0 Å². The monoisotopic (exact) mass is 422 g/mol. The van der Waals surface area contributed by atoms with Crippen LogP contribution in [0.15, 0.2) is 77.9 Å². The van der Waals surface area contributed by atoms with Crippen LogP contribution in [0.25, 0.3) is 55.6 Å². The van der Waals surface area contributed by atoms with Gasteiger partial charge in [0.2, 0.25) is 0 Å². The molecule has 0 spiro atoms. The summed E-state index contributed by atoms with van der Waals surface area (Å²) in [6.07, 6.45) is 5.70. The molecule has 150 valence electrons. The Bertz CT molecular complexity index is 1530. The van der Waals surface area contributed by atoms with Crippen molar-refractivity contribution in [1.82, 2.24) is 19.9 Å². The van der Waals surface area contributed by atoms with Crippen molar-refractivity contribution in [3.05, 3.63) is 77.9 Å². The number of fused-ring (bicyclic) bond motifs is 2. The topological polar surface area (TPSA) is 66.6 Å². The second-order valence-electron chi connectivity index (χ2n) is 7.30. The highest BCUT2D eigenvalue weighted by atomic mass is 32.1. The summed E-state index contributed by atoms with van der Waals surface area (Å²) < 4.78 is 5.60. The van der Waals surface area contributed by atoms with Crippen LogP contribution in [0.1, 0.15) is 0 Å². The Morgan fingerprint density at radius 2 is 1.84 bits per heavy atom. The van der Waals surface area contributed by atoms with Gasteiger partial charge < -0.3 is 14.7 Å². The molecule has 0 aliphatic rings. The van der Waals surface area contributed by atoms with Crippen LogP contribution in [-0.4, -0.2) is 27.0 Å². The number of ether oxygens (including phenoxy) is 1. The lowest BCUT2D eigenvalue weighted by molar-refractivity contribution is 0.416. The van der Waals surface area contributed by atoms with Gasteiger partial charge in [-0.15, -0.1) is 0 Å². The molecule has 2 N–H and O–H groups in total. The van der Waals surface area contributed by atoms with E-state index in [1.54, 1.807) is 18.4 Å². The highest BCUT2D eigenvalue weighted by Crippen LogP contribution is 2.40. The van der Waals surface area contributed by atoms with Crippen molar-refractivity contribution in [1.29, 1.82) is 0 Å². The number of hydrogen-bond donors (Lipinski definition) is 2. The Labute approximate surface area is 182 Å². The van der Waals surface area contributed by atoms with Crippen LogP contribution >= 0.6 is 11.3 Å². The van der Waals surface area contributed by atoms with Gasteiger partial charge in [0.15, 0.2) is 0 Å². The van der Waals surface area contributed by atoms with Crippen LogP contribution in [0, 0.1) is 0 Å². The predicted octanol–water partition coefficient (Wildman–Crippen LogP) is 6.51. The zero-order valence-corrected chi connectivity index (χ0v) is 17.5. The standard InChI is InChI=1S/C25H18N4OS/c1-30-22-5-3-2-4-17(22)16-6-9-27-25-19(16)12-21(29-25)20-13-28-24-18(7-10-26-24)23(20)15-8-11-31-14-15/h2-14H,1H3,(H,26,28)(H,27,29). The van der Waals surface area contributed by atoms with Gasteiger partial charge in [-0.3, -0.25) is 0 Å². The third kappa shape index (κ3) is 2.84. The zero-order valence-electron chi connectivity index (χ0n) is 16.7. The van der Waals surface area contributed by atoms with Crippen LogP contribution in [0.2, 0.25) is 0 Å². The number of aromatic nitrogens is 4. The molecular formula is C25H18N4OS. The largest absolute Gasteiger partial charge is 0.496 e. The average Bonchev–Trinajstić information content (AvgIpc) is 3.58. The van der Waals surface area contributed by atoms with Crippen LogP contribution in [0.3, 0.4) is 0 Å². The summed E-state index contributed by atoms with van der Waals surface area (Å²) in [5.41, 5.74) is 8.23. The van der Waals surface area contributed by atoms with Gasteiger partial charge in [-0.05, 0) is 52.2 Å². The molecule has 5 heterocycles. The Hall–Kier alpha value is -3.90. The lowest BCUT2D eigenvalue weighted by Crippen LogP contribution is -1.88. The molecule has 0 saturated carbocycles. The van der Waals surface area contributed by atoms with Crippen LogP contribution in [0.5, 0.6) is 5.75 Å². The lowest BCUT2D eigenvalue weighted by Gasteiger charge is -2.09. The zero-order chi connectivity index (χ0) is 20.8. The van der Waals surface area contributed by atoms with E-state index >= 15 is 0 Å². The summed E-state index contributed by atoms with van der Waals surface area (Å²) >= 11 is 1.69. The summed E-state index contributed by atoms with van der Waals surface area (Å²) in [5.74, 6) is 0.840. The summed E-state index contributed by atoms with van der Waals surface area (Å²) in [4.78, 5) is 16.0. The van der Waals surface area contributed by atoms with Gasteiger partial charge in [-0.25, -0.2) is 9.97 Å². The lowest BCUT2D eigenvalue weighted by atomic mass is 9.98. The molecule has 0 radical (unpaired) electrons. The van der Waals surface area contributed by atoms with Crippen molar-refractivity contribution in [3.8, 4) is 39.3 Å². The first kappa shape index (κ1) is 17.9. The fraction of sp³-hybridized carbons (Fsp3) is 0.0400. The number of benzene rings is 1. The number of nitrogens with one attached hydrogen (secondary N) is 2. The van der Waals surface area contributed by atoms with E-state index in [9.17, 15) is 0 Å². The SMILES string of the molecule is COc1ccccc1-c1ccnc2[nH]c(-c3cnc4[nH]ccc4c3-c3ccsc3)cc12. The Morgan fingerprint density at radius 1 is 0.903 bits per heavy atom. The van der Waals surface area contributed by atoms with E-state index in [-0.39, 0.29) is 0 Å². The Morgan fingerprint density at radius 3 is 2.71 bits per heavy atom. The van der Waals surface area contributed by atoms with Gasteiger partial charge in [0.1, 0.15) is 17.0 Å². The van der Waals surface area contributed by atoms with Crippen molar-refractivity contribution >= 4 is 33.4 Å². The van der Waals surface area contributed by atoms with Gasteiger partial charge >= 0.3 is 0 Å². The Kier molecular flexibility index (Phi) is 4.11. The molecule has 1 aromatic carbocycles. The normalized spacial score (nSPS) is 11.4. The maximum absolute atomic E-state index is 5.60. The molecule has 5 aromatic heterocycles. The minimum Gasteiger partial charge on any atom is -0.496 e. The molecule has 0 bridgehead atoms. The number of para-hydroxylation sites is 1. The van der Waals surface area contributed by atoms with Crippen LogP contribution < -0.4 is 4.74 Å². The van der Waals surface area contributed by atoms with Crippen molar-refractivity contribution in [2.75, 3.05) is 7.11 Å². The van der Waals surface area contributed by atoms with Crippen LogP contribution in [0.4, 0.5) is 0 Å². The molecule has 5 nitrogen and oxygen atoms in total.